The third-order valence-electron chi connectivity index (χ3n) is 5.51. The van der Waals surface area contributed by atoms with E-state index in [-0.39, 0.29) is 0 Å². The van der Waals surface area contributed by atoms with Crippen LogP contribution in [0.3, 0.4) is 0 Å². The summed E-state index contributed by atoms with van der Waals surface area (Å²) >= 11 is 0. The number of carbonyl (C=O) groups is 1. The normalized spacial score (nSPS) is 27.8. The van der Waals surface area contributed by atoms with Gasteiger partial charge >= 0.3 is 5.97 Å². The Kier molecular flexibility index (Phi) is 4.26. The molecule has 0 aromatic rings. The predicted molar refractivity (Wildman–Crippen MR) is 82.4 cm³/mol. The second-order valence-corrected chi connectivity index (χ2v) is 7.42. The second kappa shape index (κ2) is 5.86. The van der Waals surface area contributed by atoms with Crippen LogP contribution in [0.5, 0.6) is 0 Å². The Morgan fingerprint density at radius 2 is 1.86 bits per heavy atom. The zero-order chi connectivity index (χ0) is 15.0. The van der Waals surface area contributed by atoms with E-state index in [0.29, 0.717) is 24.5 Å². The van der Waals surface area contributed by atoms with Crippen molar-refractivity contribution in [2.75, 3.05) is 33.7 Å². The van der Waals surface area contributed by atoms with Gasteiger partial charge in [0, 0.05) is 18.6 Å². The molecule has 1 unspecified atom stereocenters. The Morgan fingerprint density at radius 1 is 1.24 bits per heavy atom. The van der Waals surface area contributed by atoms with Crippen molar-refractivity contribution in [2.45, 2.75) is 56.1 Å². The first-order chi connectivity index (χ1) is 10.0. The third-order valence-corrected chi connectivity index (χ3v) is 5.51. The van der Waals surface area contributed by atoms with Crippen LogP contribution in [0.15, 0.2) is 0 Å². The van der Waals surface area contributed by atoms with Gasteiger partial charge in [-0.15, -0.1) is 0 Å². The summed E-state index contributed by atoms with van der Waals surface area (Å²) in [5, 5.41) is 13.4. The summed E-state index contributed by atoms with van der Waals surface area (Å²) in [5.41, 5.74) is -0.709. The minimum Gasteiger partial charge on any atom is -0.480 e. The molecular formula is C16H29N3O2. The number of carboxylic acids is 1. The minimum atomic E-state index is -0.709. The summed E-state index contributed by atoms with van der Waals surface area (Å²) < 4.78 is 0. The fraction of sp³-hybridized carbons (Fsp3) is 0.938. The highest BCUT2D eigenvalue weighted by Gasteiger charge is 2.54. The molecular weight excluding hydrogens is 266 g/mol. The van der Waals surface area contributed by atoms with E-state index in [0.717, 1.165) is 51.6 Å². The molecule has 5 nitrogen and oxygen atoms in total. The van der Waals surface area contributed by atoms with Gasteiger partial charge in [0.15, 0.2) is 0 Å². The molecule has 0 radical (unpaired) electrons. The van der Waals surface area contributed by atoms with E-state index in [1.807, 2.05) is 0 Å². The lowest BCUT2D eigenvalue weighted by molar-refractivity contribution is -0.147. The van der Waals surface area contributed by atoms with E-state index >= 15 is 0 Å². The van der Waals surface area contributed by atoms with Crippen molar-refractivity contribution >= 4 is 5.97 Å². The van der Waals surface area contributed by atoms with Gasteiger partial charge in [-0.2, -0.15) is 0 Å². The van der Waals surface area contributed by atoms with Gasteiger partial charge in [-0.25, -0.2) is 0 Å². The molecule has 3 rings (SSSR count). The second-order valence-electron chi connectivity index (χ2n) is 7.42. The number of hydrogen-bond acceptors (Lipinski definition) is 4. The Hall–Kier alpha value is -0.650. The maximum absolute atomic E-state index is 12.0. The van der Waals surface area contributed by atoms with E-state index < -0.39 is 11.5 Å². The van der Waals surface area contributed by atoms with Gasteiger partial charge in [0.05, 0.1) is 0 Å². The zero-order valence-corrected chi connectivity index (χ0v) is 13.3. The molecule has 0 amide bonds. The van der Waals surface area contributed by atoms with Crippen LogP contribution < -0.4 is 5.32 Å². The van der Waals surface area contributed by atoms with E-state index in [4.69, 9.17) is 0 Å². The molecule has 2 saturated carbocycles. The van der Waals surface area contributed by atoms with Crippen LogP contribution in [0.1, 0.15) is 38.5 Å². The van der Waals surface area contributed by atoms with E-state index in [1.165, 1.54) is 0 Å². The summed E-state index contributed by atoms with van der Waals surface area (Å²) in [6.07, 6.45) is 6.70. The van der Waals surface area contributed by atoms with Gasteiger partial charge in [-0.05, 0) is 71.6 Å². The highest BCUT2D eigenvalue weighted by Crippen LogP contribution is 2.42. The quantitative estimate of drug-likeness (QED) is 0.734. The smallest absolute Gasteiger partial charge is 0.325 e. The standard InChI is InChI=1S/C16H29N3O2/c1-18-9-7-14(8-10-18)19(2)11-16(15(20)21,12-3-4-12)17-13-5-6-13/h12-14,17H,3-11H2,1-2H3,(H,20,21). The topological polar surface area (TPSA) is 55.8 Å². The Morgan fingerprint density at radius 3 is 2.33 bits per heavy atom. The molecule has 3 aliphatic rings. The van der Waals surface area contributed by atoms with Gasteiger partial charge in [-0.1, -0.05) is 0 Å². The first kappa shape index (κ1) is 15.3. The minimum absolute atomic E-state index is 0.323. The molecule has 0 aromatic carbocycles. The largest absolute Gasteiger partial charge is 0.480 e. The molecule has 1 saturated heterocycles. The lowest BCUT2D eigenvalue weighted by Crippen LogP contribution is -2.62. The highest BCUT2D eigenvalue weighted by atomic mass is 16.4. The summed E-state index contributed by atoms with van der Waals surface area (Å²) in [4.78, 5) is 16.7. The van der Waals surface area contributed by atoms with Gasteiger partial charge < -0.3 is 14.9 Å². The van der Waals surface area contributed by atoms with E-state index in [9.17, 15) is 9.90 Å². The zero-order valence-electron chi connectivity index (χ0n) is 13.3. The molecule has 21 heavy (non-hydrogen) atoms. The Balaban J connectivity index is 1.66. The predicted octanol–water partition coefficient (Wildman–Crippen LogP) is 0.998. The maximum Gasteiger partial charge on any atom is 0.325 e. The number of likely N-dealkylation sites (tertiary alicyclic amines) is 1. The van der Waals surface area contributed by atoms with Crippen molar-refractivity contribution in [3.8, 4) is 0 Å². The van der Waals surface area contributed by atoms with Crippen LogP contribution in [-0.4, -0.2) is 72.2 Å². The Bertz CT molecular complexity index is 387. The number of nitrogens with zero attached hydrogens (tertiary/aromatic N) is 2. The summed E-state index contributed by atoms with van der Waals surface area (Å²) in [6.45, 7) is 2.89. The van der Waals surface area contributed by atoms with Crippen LogP contribution in [0.2, 0.25) is 0 Å². The van der Waals surface area contributed by atoms with Crippen LogP contribution >= 0.6 is 0 Å². The summed E-state index contributed by atoms with van der Waals surface area (Å²) in [5.74, 6) is -0.319. The van der Waals surface area contributed by atoms with Crippen molar-refractivity contribution in [3.63, 3.8) is 0 Å². The SMILES string of the molecule is CN1CCC(N(C)CC(NC2CC2)(C(=O)O)C2CC2)CC1. The van der Waals surface area contributed by atoms with Gasteiger partial charge in [-0.3, -0.25) is 10.1 Å². The first-order valence-electron chi connectivity index (χ1n) is 8.41. The molecule has 5 heteroatoms. The number of aliphatic carboxylic acids is 1. The molecule has 2 N–H and O–H groups in total. The van der Waals surface area contributed by atoms with Crippen molar-refractivity contribution in [2.24, 2.45) is 5.92 Å². The molecule has 0 spiro atoms. The average Bonchev–Trinajstić information content (AvgIpc) is 3.31. The van der Waals surface area contributed by atoms with Crippen molar-refractivity contribution in [1.29, 1.82) is 0 Å². The molecule has 1 aliphatic heterocycles. The highest BCUT2D eigenvalue weighted by molar-refractivity contribution is 5.80. The van der Waals surface area contributed by atoms with Crippen molar-refractivity contribution in [1.82, 2.24) is 15.1 Å². The first-order valence-corrected chi connectivity index (χ1v) is 8.41. The number of piperidine rings is 1. The molecule has 0 bridgehead atoms. The lowest BCUT2D eigenvalue weighted by atomic mass is 9.90. The van der Waals surface area contributed by atoms with Gasteiger partial charge in [0.25, 0.3) is 0 Å². The molecule has 1 atom stereocenters. The lowest BCUT2D eigenvalue weighted by Gasteiger charge is -2.40. The Labute approximate surface area is 127 Å². The molecule has 2 aliphatic carbocycles. The van der Waals surface area contributed by atoms with Gasteiger partial charge in [0.1, 0.15) is 5.54 Å². The fourth-order valence-corrected chi connectivity index (χ4v) is 3.72. The molecule has 1 heterocycles. The number of hydrogen-bond donors (Lipinski definition) is 2. The number of rotatable bonds is 7. The molecule has 0 aromatic heterocycles. The van der Waals surface area contributed by atoms with Crippen molar-refractivity contribution in [3.05, 3.63) is 0 Å². The monoisotopic (exact) mass is 295 g/mol. The average molecular weight is 295 g/mol. The van der Waals surface area contributed by atoms with E-state index in [2.05, 4.69) is 29.2 Å². The summed E-state index contributed by atoms with van der Waals surface area (Å²) in [7, 11) is 4.28. The fourth-order valence-electron chi connectivity index (χ4n) is 3.72. The van der Waals surface area contributed by atoms with Crippen molar-refractivity contribution < 1.29 is 9.90 Å². The van der Waals surface area contributed by atoms with Crippen LogP contribution in [0, 0.1) is 5.92 Å². The van der Waals surface area contributed by atoms with Gasteiger partial charge in [0.2, 0.25) is 0 Å². The van der Waals surface area contributed by atoms with Crippen LogP contribution in [0.4, 0.5) is 0 Å². The molecule has 3 fully saturated rings. The van der Waals surface area contributed by atoms with E-state index in [1.54, 1.807) is 0 Å². The number of nitrogens with one attached hydrogen (secondary N) is 1. The maximum atomic E-state index is 12.0. The number of carboxylic acid groups (broad SMARTS) is 1. The number of likely N-dealkylation sites (N-methyl/N-ethyl adjacent to an activating group) is 1. The molecule has 120 valence electrons. The third kappa shape index (κ3) is 3.41. The summed E-state index contributed by atoms with van der Waals surface area (Å²) in [6, 6.07) is 0.965. The van der Waals surface area contributed by atoms with Crippen LogP contribution in [0.25, 0.3) is 0 Å². The van der Waals surface area contributed by atoms with Crippen LogP contribution in [-0.2, 0) is 4.79 Å².